The van der Waals surface area contributed by atoms with Crippen LogP contribution in [0.4, 0.5) is 0 Å². The Kier molecular flexibility index (Phi) is 5.37. The van der Waals surface area contributed by atoms with Crippen LogP contribution in [0.25, 0.3) is 0 Å². The molecule has 1 heterocycles. The highest BCUT2D eigenvalue weighted by Gasteiger charge is 2.42. The van der Waals surface area contributed by atoms with Crippen molar-refractivity contribution in [1.82, 2.24) is 5.32 Å². The van der Waals surface area contributed by atoms with Crippen LogP contribution in [0, 0.1) is 6.92 Å². The Bertz CT molecular complexity index is 528. The lowest BCUT2D eigenvalue weighted by Gasteiger charge is -2.45. The van der Waals surface area contributed by atoms with Gasteiger partial charge in [0.05, 0.1) is 19.6 Å². The Labute approximate surface area is 140 Å². The van der Waals surface area contributed by atoms with E-state index in [-0.39, 0.29) is 11.4 Å². The number of carbonyl (C=O) groups is 1. The Morgan fingerprint density at radius 1 is 1.04 bits per heavy atom. The summed E-state index contributed by atoms with van der Waals surface area (Å²) in [5.41, 5.74) is 2.18. The predicted octanol–water partition coefficient (Wildman–Crippen LogP) is 2.50. The molecule has 1 amide bonds. The molecule has 1 saturated heterocycles. The van der Waals surface area contributed by atoms with Crippen molar-refractivity contribution in [1.29, 1.82) is 0 Å². The average molecular weight is 315 g/mol. The third-order valence-electron chi connectivity index (χ3n) is 5.99. The maximum absolute atomic E-state index is 12.6. The second-order valence-corrected chi connectivity index (χ2v) is 7.50. The van der Waals surface area contributed by atoms with E-state index in [1.54, 1.807) is 4.90 Å². The zero-order chi connectivity index (χ0) is 16.1. The highest BCUT2D eigenvalue weighted by molar-refractivity contribution is 5.95. The van der Waals surface area contributed by atoms with E-state index in [4.69, 9.17) is 0 Å². The van der Waals surface area contributed by atoms with Gasteiger partial charge in [-0.3, -0.25) is 4.79 Å². The Morgan fingerprint density at radius 2 is 1.70 bits per heavy atom. The summed E-state index contributed by atoms with van der Waals surface area (Å²) in [4.78, 5) is 14.4. The maximum Gasteiger partial charge on any atom is 0.251 e. The van der Waals surface area contributed by atoms with Crippen LogP contribution in [-0.2, 0) is 0 Å². The van der Waals surface area contributed by atoms with Gasteiger partial charge in [-0.05, 0) is 50.7 Å². The minimum Gasteiger partial charge on any atom is -0.346 e. The molecular formula is C20H31N2O+. The second-order valence-electron chi connectivity index (χ2n) is 7.50. The smallest absolute Gasteiger partial charge is 0.251 e. The van der Waals surface area contributed by atoms with Gasteiger partial charge >= 0.3 is 0 Å². The molecule has 0 atom stereocenters. The lowest BCUT2D eigenvalue weighted by Crippen LogP contribution is -3.22. The Morgan fingerprint density at radius 3 is 2.39 bits per heavy atom. The number of rotatable bonds is 4. The molecule has 0 aromatic heterocycles. The number of likely N-dealkylation sites (tertiary alicyclic amines) is 1. The molecule has 0 spiro atoms. The van der Waals surface area contributed by atoms with Gasteiger partial charge in [-0.2, -0.15) is 0 Å². The van der Waals surface area contributed by atoms with Crippen molar-refractivity contribution in [3.05, 3.63) is 35.4 Å². The van der Waals surface area contributed by atoms with Gasteiger partial charge in [0.2, 0.25) is 0 Å². The number of nitrogens with one attached hydrogen (secondary N) is 2. The fourth-order valence-corrected chi connectivity index (χ4v) is 4.57. The molecule has 1 aliphatic heterocycles. The molecule has 2 aliphatic rings. The van der Waals surface area contributed by atoms with Crippen molar-refractivity contribution in [2.75, 3.05) is 19.6 Å². The summed E-state index contributed by atoms with van der Waals surface area (Å²) in [6.45, 7) is 5.44. The molecule has 0 radical (unpaired) electrons. The van der Waals surface area contributed by atoms with Crippen LogP contribution in [-0.4, -0.2) is 31.1 Å². The van der Waals surface area contributed by atoms with Crippen LogP contribution < -0.4 is 10.2 Å². The number of aryl methyl sites for hydroxylation is 1. The van der Waals surface area contributed by atoms with Crippen molar-refractivity contribution < 1.29 is 9.69 Å². The first-order valence-corrected chi connectivity index (χ1v) is 9.40. The summed E-state index contributed by atoms with van der Waals surface area (Å²) in [6.07, 6.45) is 10.6. The highest BCUT2D eigenvalue weighted by atomic mass is 16.1. The minimum atomic E-state index is 0.101. The van der Waals surface area contributed by atoms with E-state index < -0.39 is 0 Å². The van der Waals surface area contributed by atoms with E-state index in [1.165, 1.54) is 64.5 Å². The van der Waals surface area contributed by atoms with Gasteiger partial charge in [0.1, 0.15) is 5.54 Å². The first-order valence-electron chi connectivity index (χ1n) is 9.40. The topological polar surface area (TPSA) is 33.5 Å². The van der Waals surface area contributed by atoms with Crippen molar-refractivity contribution in [2.24, 2.45) is 0 Å². The standard InChI is InChI=1S/C20H30N2O/c1-17-10-4-5-11-18(17)19(23)21-16-20(12-6-2-7-13-20)22-14-8-3-9-15-22/h4-5,10-11H,2-3,6-9,12-16H2,1H3,(H,21,23)/p+1. The number of piperidine rings is 1. The number of quaternary nitrogens is 1. The van der Waals surface area contributed by atoms with Gasteiger partial charge in [0.25, 0.3) is 5.91 Å². The third-order valence-corrected chi connectivity index (χ3v) is 5.99. The van der Waals surface area contributed by atoms with Crippen molar-refractivity contribution in [3.63, 3.8) is 0 Å². The molecule has 126 valence electrons. The van der Waals surface area contributed by atoms with Gasteiger partial charge in [0.15, 0.2) is 0 Å². The SMILES string of the molecule is Cc1ccccc1C(=O)NCC1([NH+]2CCCCC2)CCCCC1. The molecule has 2 fully saturated rings. The van der Waals surface area contributed by atoms with E-state index in [0.29, 0.717) is 0 Å². The second kappa shape index (κ2) is 7.48. The Balaban J connectivity index is 1.69. The molecule has 1 saturated carbocycles. The zero-order valence-corrected chi connectivity index (χ0v) is 14.5. The van der Waals surface area contributed by atoms with Gasteiger partial charge in [-0.15, -0.1) is 0 Å². The molecule has 2 N–H and O–H groups in total. The largest absolute Gasteiger partial charge is 0.346 e. The van der Waals surface area contributed by atoms with E-state index in [0.717, 1.165) is 17.7 Å². The number of amides is 1. The first-order chi connectivity index (χ1) is 11.2. The van der Waals surface area contributed by atoms with E-state index in [9.17, 15) is 4.79 Å². The summed E-state index contributed by atoms with van der Waals surface area (Å²) < 4.78 is 0. The fraction of sp³-hybridized carbons (Fsp3) is 0.650. The van der Waals surface area contributed by atoms with Crippen LogP contribution in [0.3, 0.4) is 0 Å². The summed E-state index contributed by atoms with van der Waals surface area (Å²) in [7, 11) is 0. The minimum absolute atomic E-state index is 0.101. The molecule has 0 bridgehead atoms. The molecular weight excluding hydrogens is 284 g/mol. The molecule has 23 heavy (non-hydrogen) atoms. The lowest BCUT2D eigenvalue weighted by atomic mass is 9.79. The highest BCUT2D eigenvalue weighted by Crippen LogP contribution is 2.26. The first kappa shape index (κ1) is 16.5. The van der Waals surface area contributed by atoms with Gasteiger partial charge in [0, 0.05) is 18.4 Å². The lowest BCUT2D eigenvalue weighted by molar-refractivity contribution is -0.957. The molecule has 3 heteroatoms. The number of hydrogen-bond donors (Lipinski definition) is 2. The molecule has 0 unspecified atom stereocenters. The van der Waals surface area contributed by atoms with Gasteiger partial charge in [-0.25, -0.2) is 0 Å². The van der Waals surface area contributed by atoms with Crippen LogP contribution in [0.5, 0.6) is 0 Å². The zero-order valence-electron chi connectivity index (χ0n) is 14.5. The third kappa shape index (κ3) is 3.77. The number of carbonyl (C=O) groups excluding carboxylic acids is 1. The van der Waals surface area contributed by atoms with E-state index >= 15 is 0 Å². The van der Waals surface area contributed by atoms with Crippen molar-refractivity contribution >= 4 is 5.91 Å². The fourth-order valence-electron chi connectivity index (χ4n) is 4.57. The van der Waals surface area contributed by atoms with E-state index in [2.05, 4.69) is 5.32 Å². The maximum atomic E-state index is 12.6. The summed E-state index contributed by atoms with van der Waals surface area (Å²) >= 11 is 0. The van der Waals surface area contributed by atoms with Crippen molar-refractivity contribution in [2.45, 2.75) is 63.8 Å². The quantitative estimate of drug-likeness (QED) is 0.879. The monoisotopic (exact) mass is 315 g/mol. The molecule has 1 aromatic rings. The predicted molar refractivity (Wildman–Crippen MR) is 93.9 cm³/mol. The summed E-state index contributed by atoms with van der Waals surface area (Å²) in [5.74, 6) is 0.101. The van der Waals surface area contributed by atoms with Gasteiger partial charge < -0.3 is 10.2 Å². The van der Waals surface area contributed by atoms with Crippen LogP contribution in [0.2, 0.25) is 0 Å². The van der Waals surface area contributed by atoms with Crippen molar-refractivity contribution in [3.8, 4) is 0 Å². The summed E-state index contributed by atoms with van der Waals surface area (Å²) in [5, 5.41) is 3.29. The van der Waals surface area contributed by atoms with Gasteiger partial charge in [-0.1, -0.05) is 24.6 Å². The molecule has 1 aromatic carbocycles. The number of hydrogen-bond acceptors (Lipinski definition) is 1. The van der Waals surface area contributed by atoms with E-state index in [1.807, 2.05) is 31.2 Å². The molecule has 3 nitrogen and oxygen atoms in total. The summed E-state index contributed by atoms with van der Waals surface area (Å²) in [6, 6.07) is 7.90. The van der Waals surface area contributed by atoms with Crippen LogP contribution >= 0.6 is 0 Å². The molecule has 1 aliphatic carbocycles. The number of benzene rings is 1. The van der Waals surface area contributed by atoms with Crippen LogP contribution in [0.15, 0.2) is 24.3 Å². The van der Waals surface area contributed by atoms with Crippen LogP contribution in [0.1, 0.15) is 67.3 Å². The Hall–Kier alpha value is -1.35. The normalized spacial score (nSPS) is 21.8. The average Bonchev–Trinajstić information content (AvgIpc) is 2.62. The molecule has 3 rings (SSSR count).